The van der Waals surface area contributed by atoms with Gasteiger partial charge in [0.1, 0.15) is 0 Å². The highest BCUT2D eigenvalue weighted by molar-refractivity contribution is 6.31. The molecule has 1 aliphatic heterocycles. The van der Waals surface area contributed by atoms with Crippen molar-refractivity contribution in [2.24, 2.45) is 0 Å². The predicted octanol–water partition coefficient (Wildman–Crippen LogP) is 3.05. The Kier molecular flexibility index (Phi) is 8.79. The molecule has 0 aromatic heterocycles. The highest BCUT2D eigenvalue weighted by Crippen LogP contribution is 2.27. The van der Waals surface area contributed by atoms with E-state index in [-0.39, 0.29) is 24.4 Å². The predicted molar refractivity (Wildman–Crippen MR) is 91.8 cm³/mol. The number of hydrogen-bond acceptors (Lipinski definition) is 3. The van der Waals surface area contributed by atoms with E-state index in [9.17, 15) is 4.79 Å². The Morgan fingerprint density at radius 1 is 1.36 bits per heavy atom. The van der Waals surface area contributed by atoms with E-state index in [0.29, 0.717) is 13.0 Å². The lowest BCUT2D eigenvalue weighted by Crippen LogP contribution is -2.43. The lowest BCUT2D eigenvalue weighted by Gasteiger charge is -2.35. The molecule has 1 aromatic rings. The van der Waals surface area contributed by atoms with Crippen LogP contribution in [0, 0.1) is 0 Å². The van der Waals surface area contributed by atoms with Crippen molar-refractivity contribution in [1.82, 2.24) is 10.2 Å². The summed E-state index contributed by atoms with van der Waals surface area (Å²) in [4.78, 5) is 14.1. The van der Waals surface area contributed by atoms with Crippen LogP contribution in [0.1, 0.15) is 31.4 Å². The van der Waals surface area contributed by atoms with Crippen LogP contribution < -0.4 is 5.32 Å². The number of amides is 1. The van der Waals surface area contributed by atoms with Gasteiger partial charge in [0.15, 0.2) is 0 Å². The highest BCUT2D eigenvalue weighted by Gasteiger charge is 2.24. The summed E-state index contributed by atoms with van der Waals surface area (Å²) in [6.07, 6.45) is 1.43. The van der Waals surface area contributed by atoms with Gasteiger partial charge in [0.05, 0.1) is 19.3 Å². The Bertz CT molecular complexity index is 465. The third-order valence-corrected chi connectivity index (χ3v) is 4.06. The van der Waals surface area contributed by atoms with E-state index in [4.69, 9.17) is 16.3 Å². The van der Waals surface area contributed by atoms with Gasteiger partial charge in [-0.1, -0.05) is 36.7 Å². The van der Waals surface area contributed by atoms with Gasteiger partial charge in [-0.25, -0.2) is 0 Å². The number of carbonyl (C=O) groups is 1. The van der Waals surface area contributed by atoms with Crippen molar-refractivity contribution < 1.29 is 9.53 Å². The minimum atomic E-state index is 0. The number of nitrogens with one attached hydrogen (secondary N) is 1. The number of rotatable bonds is 6. The fourth-order valence-electron chi connectivity index (χ4n) is 2.60. The van der Waals surface area contributed by atoms with Crippen LogP contribution in [0.15, 0.2) is 24.3 Å². The molecular weight excluding hydrogens is 323 g/mol. The number of hydrogen-bond donors (Lipinski definition) is 1. The molecule has 124 valence electrons. The third kappa shape index (κ3) is 5.43. The molecule has 0 radical (unpaired) electrons. The van der Waals surface area contributed by atoms with Crippen molar-refractivity contribution in [1.29, 1.82) is 0 Å². The van der Waals surface area contributed by atoms with Crippen molar-refractivity contribution in [2.45, 2.75) is 25.8 Å². The summed E-state index contributed by atoms with van der Waals surface area (Å²) in [5, 5.41) is 3.78. The topological polar surface area (TPSA) is 41.6 Å². The molecule has 1 unspecified atom stereocenters. The molecule has 1 saturated heterocycles. The summed E-state index contributed by atoms with van der Waals surface area (Å²) < 4.78 is 5.42. The summed E-state index contributed by atoms with van der Waals surface area (Å²) in [6, 6.07) is 7.95. The van der Waals surface area contributed by atoms with Crippen molar-refractivity contribution >= 4 is 29.9 Å². The van der Waals surface area contributed by atoms with Crippen LogP contribution >= 0.6 is 24.0 Å². The van der Waals surface area contributed by atoms with Gasteiger partial charge in [-0.05, 0) is 18.1 Å². The number of ether oxygens (including phenoxy) is 1. The Morgan fingerprint density at radius 3 is 2.68 bits per heavy atom. The molecule has 0 spiro atoms. The average molecular weight is 347 g/mol. The molecule has 0 saturated carbocycles. The van der Waals surface area contributed by atoms with Crippen LogP contribution in [-0.4, -0.2) is 43.7 Å². The molecule has 6 heteroatoms. The Hall–Kier alpha value is -0.810. The van der Waals surface area contributed by atoms with E-state index in [1.165, 1.54) is 0 Å². The van der Waals surface area contributed by atoms with Gasteiger partial charge < -0.3 is 10.1 Å². The molecule has 1 atom stereocenters. The molecule has 0 bridgehead atoms. The van der Waals surface area contributed by atoms with Gasteiger partial charge in [-0.15, -0.1) is 12.4 Å². The highest BCUT2D eigenvalue weighted by atomic mass is 35.5. The molecule has 0 aliphatic carbocycles. The second kappa shape index (κ2) is 10.1. The number of halogens is 2. The Balaban J connectivity index is 0.00000242. The van der Waals surface area contributed by atoms with Crippen LogP contribution in [-0.2, 0) is 9.53 Å². The molecule has 1 heterocycles. The van der Waals surface area contributed by atoms with E-state index < -0.39 is 0 Å². The van der Waals surface area contributed by atoms with Crippen LogP contribution in [0.5, 0.6) is 0 Å². The van der Waals surface area contributed by atoms with Crippen LogP contribution in [0.3, 0.4) is 0 Å². The van der Waals surface area contributed by atoms with Crippen molar-refractivity contribution in [3.05, 3.63) is 34.9 Å². The van der Waals surface area contributed by atoms with Crippen LogP contribution in [0.4, 0.5) is 0 Å². The molecule has 22 heavy (non-hydrogen) atoms. The first-order valence-corrected chi connectivity index (χ1v) is 7.93. The first-order valence-electron chi connectivity index (χ1n) is 7.55. The third-order valence-electron chi connectivity index (χ3n) is 3.72. The fraction of sp³-hybridized carbons (Fsp3) is 0.562. The first kappa shape index (κ1) is 19.2. The van der Waals surface area contributed by atoms with Gasteiger partial charge in [0.25, 0.3) is 0 Å². The molecular formula is C16H24Cl2N2O2. The second-order valence-corrected chi connectivity index (χ2v) is 5.65. The minimum absolute atomic E-state index is 0. The van der Waals surface area contributed by atoms with E-state index in [2.05, 4.69) is 10.2 Å². The molecule has 2 rings (SSSR count). The normalized spacial score (nSPS) is 16.6. The van der Waals surface area contributed by atoms with E-state index in [0.717, 1.165) is 43.3 Å². The van der Waals surface area contributed by atoms with Gasteiger partial charge >= 0.3 is 0 Å². The summed E-state index contributed by atoms with van der Waals surface area (Å²) >= 11 is 6.34. The van der Waals surface area contributed by atoms with Gasteiger partial charge in [-0.3, -0.25) is 9.69 Å². The van der Waals surface area contributed by atoms with Crippen molar-refractivity contribution in [3.63, 3.8) is 0 Å². The second-order valence-electron chi connectivity index (χ2n) is 5.24. The number of morpholine rings is 1. The standard InChI is InChI=1S/C16H23ClN2O2.ClH/c1-2-5-16(20)18-12-15(19-8-10-21-11-9-19)13-6-3-4-7-14(13)17;/h3-4,6-7,15H,2,5,8-12H2,1H3,(H,18,20);1H. The number of benzene rings is 1. The van der Waals surface area contributed by atoms with Crippen molar-refractivity contribution in [2.75, 3.05) is 32.8 Å². The van der Waals surface area contributed by atoms with Gasteiger partial charge in [0.2, 0.25) is 5.91 Å². The smallest absolute Gasteiger partial charge is 0.220 e. The minimum Gasteiger partial charge on any atom is -0.379 e. The molecule has 1 amide bonds. The van der Waals surface area contributed by atoms with Crippen LogP contribution in [0.25, 0.3) is 0 Å². The quantitative estimate of drug-likeness (QED) is 0.860. The molecule has 4 nitrogen and oxygen atoms in total. The van der Waals surface area contributed by atoms with E-state index >= 15 is 0 Å². The maximum Gasteiger partial charge on any atom is 0.220 e. The number of carbonyl (C=O) groups excluding carboxylic acids is 1. The average Bonchev–Trinajstić information content (AvgIpc) is 2.50. The fourth-order valence-corrected chi connectivity index (χ4v) is 2.86. The summed E-state index contributed by atoms with van der Waals surface area (Å²) in [7, 11) is 0. The lowest BCUT2D eigenvalue weighted by molar-refractivity contribution is -0.121. The largest absolute Gasteiger partial charge is 0.379 e. The van der Waals surface area contributed by atoms with E-state index in [1.807, 2.05) is 31.2 Å². The maximum absolute atomic E-state index is 11.8. The number of nitrogens with zero attached hydrogens (tertiary/aromatic N) is 1. The summed E-state index contributed by atoms with van der Waals surface area (Å²) in [5.74, 6) is 0.0998. The van der Waals surface area contributed by atoms with Crippen molar-refractivity contribution in [3.8, 4) is 0 Å². The zero-order valence-electron chi connectivity index (χ0n) is 12.9. The molecule has 1 N–H and O–H groups in total. The van der Waals surface area contributed by atoms with Gasteiger partial charge in [-0.2, -0.15) is 0 Å². The molecule has 1 aliphatic rings. The monoisotopic (exact) mass is 346 g/mol. The van der Waals surface area contributed by atoms with Crippen LogP contribution in [0.2, 0.25) is 5.02 Å². The Morgan fingerprint density at radius 2 is 2.05 bits per heavy atom. The molecule has 1 fully saturated rings. The van der Waals surface area contributed by atoms with Gasteiger partial charge in [0, 0.05) is 31.1 Å². The zero-order chi connectivity index (χ0) is 15.1. The molecule has 1 aromatic carbocycles. The maximum atomic E-state index is 11.8. The SMILES string of the molecule is CCCC(=O)NCC(c1ccccc1Cl)N1CCOCC1.Cl. The first-order chi connectivity index (χ1) is 10.2. The summed E-state index contributed by atoms with van der Waals surface area (Å²) in [5.41, 5.74) is 1.07. The lowest BCUT2D eigenvalue weighted by atomic mass is 10.0. The summed E-state index contributed by atoms with van der Waals surface area (Å²) in [6.45, 7) is 5.77. The van der Waals surface area contributed by atoms with E-state index in [1.54, 1.807) is 0 Å². The Labute approximate surface area is 143 Å². The zero-order valence-corrected chi connectivity index (χ0v) is 14.5.